The van der Waals surface area contributed by atoms with Crippen LogP contribution in [0.25, 0.3) is 0 Å². The topological polar surface area (TPSA) is 229 Å². The molecule has 18 heteroatoms. The molecule has 0 aromatic heterocycles. The molecule has 0 bridgehead atoms. The second-order valence-electron chi connectivity index (χ2n) is 15.8. The van der Waals surface area contributed by atoms with Crippen molar-refractivity contribution >= 4 is 48.1 Å². The Kier molecular flexibility index (Phi) is 18.8. The lowest BCUT2D eigenvalue weighted by atomic mass is 9.98. The standard InChI is InChI=1S/C52H50O18/c1-3-45(53)61-29-5-7-31-63-51(59)67-39-21-13-33(14-22-39)47(55)65-37-17-9-35(10-18-37)49(57)69-43-27-25-42-41(43)26-28-44(42)70-50(58)36-11-19-38(20-12-36)66-48(56)34-15-23-40(24-16-34)68-52(60)64-32-8-6-30-62-46(54)4-2/h3-4,9-24,41-44H,1-2,5-8,25-32H2/t41-,42-,43-,44+/m0/s1. The van der Waals surface area contributed by atoms with Gasteiger partial charge in [-0.25, -0.2) is 38.4 Å². The van der Waals surface area contributed by atoms with Gasteiger partial charge in [-0.15, -0.1) is 0 Å². The number of fused-ring (bicyclic) bond motifs is 1. The minimum absolute atomic E-state index is 0.00548. The van der Waals surface area contributed by atoms with Crippen LogP contribution in [0.3, 0.4) is 0 Å². The molecular weight excluding hydrogens is 913 g/mol. The molecule has 2 aliphatic rings. The normalized spacial score (nSPS) is 16.5. The zero-order valence-corrected chi connectivity index (χ0v) is 37.9. The van der Waals surface area contributed by atoms with Crippen LogP contribution in [0.5, 0.6) is 23.0 Å². The van der Waals surface area contributed by atoms with Crippen molar-refractivity contribution in [1.82, 2.24) is 0 Å². The molecule has 4 atom stereocenters. The Hall–Kier alpha value is -8.28. The molecule has 0 saturated heterocycles. The van der Waals surface area contributed by atoms with Crippen LogP contribution < -0.4 is 18.9 Å². The number of hydrogen-bond donors (Lipinski definition) is 0. The summed E-state index contributed by atoms with van der Waals surface area (Å²) in [5.74, 6) is -2.80. The first-order chi connectivity index (χ1) is 33.9. The summed E-state index contributed by atoms with van der Waals surface area (Å²) in [6.45, 7) is 7.07. The molecular formula is C52H50O18. The quantitative estimate of drug-likeness (QED) is 0.0179. The van der Waals surface area contributed by atoms with Gasteiger partial charge in [-0.1, -0.05) is 13.2 Å². The van der Waals surface area contributed by atoms with Crippen LogP contribution in [0.1, 0.15) is 92.8 Å². The van der Waals surface area contributed by atoms with Crippen LogP contribution in [0, 0.1) is 11.8 Å². The van der Waals surface area contributed by atoms with Gasteiger partial charge in [-0.2, -0.15) is 0 Å². The van der Waals surface area contributed by atoms with E-state index in [0.29, 0.717) is 51.4 Å². The summed E-state index contributed by atoms with van der Waals surface area (Å²) < 4.78 is 52.7. The number of hydrogen-bond acceptors (Lipinski definition) is 18. The van der Waals surface area contributed by atoms with Gasteiger partial charge >= 0.3 is 48.1 Å². The third-order valence-corrected chi connectivity index (χ3v) is 11.1. The Labute approximate surface area is 402 Å². The molecule has 0 radical (unpaired) electrons. The lowest BCUT2D eigenvalue weighted by molar-refractivity contribution is -0.138. The fourth-order valence-corrected chi connectivity index (χ4v) is 7.60. The molecule has 366 valence electrons. The van der Waals surface area contributed by atoms with E-state index in [-0.39, 0.29) is 95.7 Å². The van der Waals surface area contributed by atoms with E-state index >= 15 is 0 Å². The monoisotopic (exact) mass is 962 g/mol. The van der Waals surface area contributed by atoms with Crippen LogP contribution in [0.2, 0.25) is 0 Å². The second kappa shape index (κ2) is 25.7. The Balaban J connectivity index is 0.876. The molecule has 70 heavy (non-hydrogen) atoms. The van der Waals surface area contributed by atoms with Gasteiger partial charge in [-0.05, 0) is 148 Å². The molecule has 0 heterocycles. The van der Waals surface area contributed by atoms with Gasteiger partial charge in [-0.3, -0.25) is 0 Å². The molecule has 0 N–H and O–H groups in total. The van der Waals surface area contributed by atoms with Crippen LogP contribution >= 0.6 is 0 Å². The predicted molar refractivity (Wildman–Crippen MR) is 244 cm³/mol. The first-order valence-electron chi connectivity index (χ1n) is 22.4. The highest BCUT2D eigenvalue weighted by Crippen LogP contribution is 2.47. The summed E-state index contributed by atoms with van der Waals surface area (Å²) in [6.07, 6.45) is 4.02. The highest BCUT2D eigenvalue weighted by Gasteiger charge is 2.48. The van der Waals surface area contributed by atoms with Gasteiger partial charge in [0.1, 0.15) is 35.2 Å². The fraction of sp³-hybridized carbons (Fsp3) is 0.308. The predicted octanol–water partition coefficient (Wildman–Crippen LogP) is 8.75. The van der Waals surface area contributed by atoms with Crippen molar-refractivity contribution in [2.75, 3.05) is 26.4 Å². The van der Waals surface area contributed by atoms with E-state index in [2.05, 4.69) is 13.2 Å². The third-order valence-electron chi connectivity index (χ3n) is 11.1. The van der Waals surface area contributed by atoms with Crippen molar-refractivity contribution in [2.24, 2.45) is 11.8 Å². The molecule has 4 aromatic carbocycles. The molecule has 0 unspecified atom stereocenters. The average molecular weight is 963 g/mol. The number of esters is 6. The van der Waals surface area contributed by atoms with Gasteiger partial charge in [0.05, 0.1) is 48.7 Å². The third kappa shape index (κ3) is 15.4. The Morgan fingerprint density at radius 3 is 0.986 bits per heavy atom. The maximum absolute atomic E-state index is 13.2. The summed E-state index contributed by atoms with van der Waals surface area (Å²) >= 11 is 0. The number of benzene rings is 4. The summed E-state index contributed by atoms with van der Waals surface area (Å²) in [6, 6.07) is 23.2. The van der Waals surface area contributed by atoms with Crippen molar-refractivity contribution in [3.8, 4) is 23.0 Å². The zero-order valence-electron chi connectivity index (χ0n) is 37.9. The van der Waals surface area contributed by atoms with E-state index in [1.165, 1.54) is 97.1 Å². The van der Waals surface area contributed by atoms with Crippen molar-refractivity contribution in [3.63, 3.8) is 0 Å². The number of ether oxygens (including phenoxy) is 10. The van der Waals surface area contributed by atoms with Crippen molar-refractivity contribution in [2.45, 2.75) is 63.6 Å². The maximum Gasteiger partial charge on any atom is 0.513 e. The summed E-state index contributed by atoms with van der Waals surface area (Å²) in [5, 5.41) is 0. The zero-order chi connectivity index (χ0) is 49.8. The molecule has 18 nitrogen and oxygen atoms in total. The van der Waals surface area contributed by atoms with E-state index < -0.39 is 48.1 Å². The molecule has 2 aliphatic carbocycles. The van der Waals surface area contributed by atoms with Gasteiger partial charge < -0.3 is 47.4 Å². The minimum Gasteiger partial charge on any atom is -0.463 e. The highest BCUT2D eigenvalue weighted by atomic mass is 16.7. The van der Waals surface area contributed by atoms with E-state index in [1.54, 1.807) is 0 Å². The van der Waals surface area contributed by atoms with Crippen molar-refractivity contribution in [3.05, 3.63) is 145 Å². The molecule has 4 aromatic rings. The first kappa shape index (κ1) is 51.1. The largest absolute Gasteiger partial charge is 0.513 e. The number of rotatable bonds is 22. The fourth-order valence-electron chi connectivity index (χ4n) is 7.60. The average Bonchev–Trinajstić information content (AvgIpc) is 3.96. The van der Waals surface area contributed by atoms with Crippen molar-refractivity contribution in [1.29, 1.82) is 0 Å². The maximum atomic E-state index is 13.2. The Morgan fingerprint density at radius 1 is 0.386 bits per heavy atom. The van der Waals surface area contributed by atoms with E-state index in [0.717, 1.165) is 12.2 Å². The van der Waals surface area contributed by atoms with Crippen molar-refractivity contribution < 1.29 is 85.7 Å². The molecule has 0 spiro atoms. The van der Waals surface area contributed by atoms with E-state index in [9.17, 15) is 38.4 Å². The Bertz CT molecular complexity index is 2320. The minimum atomic E-state index is -0.931. The van der Waals surface area contributed by atoms with Gasteiger partial charge in [0.2, 0.25) is 0 Å². The lowest BCUT2D eigenvalue weighted by Crippen LogP contribution is -2.26. The van der Waals surface area contributed by atoms with Gasteiger partial charge in [0.15, 0.2) is 0 Å². The number of carbonyl (C=O) groups excluding carboxylic acids is 8. The highest BCUT2D eigenvalue weighted by molar-refractivity contribution is 5.93. The van der Waals surface area contributed by atoms with Crippen LogP contribution in [-0.2, 0) is 38.0 Å². The lowest BCUT2D eigenvalue weighted by Gasteiger charge is -2.21. The molecule has 0 aliphatic heterocycles. The van der Waals surface area contributed by atoms with Crippen LogP contribution in [0.4, 0.5) is 9.59 Å². The van der Waals surface area contributed by atoms with Crippen LogP contribution in [0.15, 0.2) is 122 Å². The smallest absolute Gasteiger partial charge is 0.463 e. The second-order valence-corrected chi connectivity index (χ2v) is 15.8. The first-order valence-corrected chi connectivity index (χ1v) is 22.4. The molecule has 0 amide bonds. The summed E-state index contributed by atoms with van der Waals surface area (Å²) in [5.41, 5.74) is 0.891. The summed E-state index contributed by atoms with van der Waals surface area (Å²) in [7, 11) is 0. The van der Waals surface area contributed by atoms with E-state index in [4.69, 9.17) is 47.4 Å². The van der Waals surface area contributed by atoms with E-state index in [1.807, 2.05) is 0 Å². The molecule has 2 saturated carbocycles. The number of carbonyl (C=O) groups is 8. The number of unbranched alkanes of at least 4 members (excludes halogenated alkanes) is 2. The van der Waals surface area contributed by atoms with Crippen LogP contribution in [-0.4, -0.2) is 86.8 Å². The summed E-state index contributed by atoms with van der Waals surface area (Å²) in [4.78, 5) is 98.0. The molecule has 6 rings (SSSR count). The van der Waals surface area contributed by atoms with Gasteiger partial charge in [0.25, 0.3) is 0 Å². The SMILES string of the molecule is C=CC(=O)OCCCCOC(=O)Oc1ccc(C(=O)Oc2ccc(C(=O)O[C@H]3CC[C@H]4[C@@H]3CC[C@H]4OC(=O)c3ccc(OC(=O)c4ccc(OC(=O)OCCCCOC(=O)C=C)cc4)cc3)cc2)cc1. The Morgan fingerprint density at radius 2 is 0.671 bits per heavy atom. The molecule has 2 fully saturated rings. The van der Waals surface area contributed by atoms with Gasteiger partial charge in [0, 0.05) is 24.0 Å².